The Labute approximate surface area is 146 Å². The zero-order valence-electron chi connectivity index (χ0n) is 14.1. The van der Waals surface area contributed by atoms with Crippen molar-refractivity contribution >= 4 is 17.2 Å². The van der Waals surface area contributed by atoms with Crippen LogP contribution in [0, 0.1) is 5.82 Å². The number of hydrogen-bond donors (Lipinski definition) is 1. The zero-order chi connectivity index (χ0) is 17.5. The molecule has 1 amide bonds. The van der Waals surface area contributed by atoms with Crippen LogP contribution in [0.5, 0.6) is 0 Å². The van der Waals surface area contributed by atoms with Crippen LogP contribution in [0.2, 0.25) is 0 Å². The van der Waals surface area contributed by atoms with E-state index in [1.807, 2.05) is 36.3 Å². The summed E-state index contributed by atoms with van der Waals surface area (Å²) in [5, 5.41) is 5.04. The second-order valence-electron chi connectivity index (χ2n) is 5.83. The highest BCUT2D eigenvalue weighted by atomic mass is 32.1. The van der Waals surface area contributed by atoms with Crippen LogP contribution in [0.3, 0.4) is 0 Å². The quantitative estimate of drug-likeness (QED) is 0.733. The summed E-state index contributed by atoms with van der Waals surface area (Å²) in [6.45, 7) is 9.66. The van der Waals surface area contributed by atoms with E-state index in [0.29, 0.717) is 13.1 Å². The standard InChI is InChI=1S/C19H23FN2OS/c1-4-22(12-14(2)3)13-18(23)21-19(17-6-5-11-24-17)15-7-9-16(20)10-8-15/h5-11,19H,2,4,12-13H2,1,3H3,(H,21,23). The summed E-state index contributed by atoms with van der Waals surface area (Å²) < 4.78 is 13.2. The largest absolute Gasteiger partial charge is 0.343 e. The number of carbonyl (C=O) groups is 1. The monoisotopic (exact) mass is 346 g/mol. The van der Waals surface area contributed by atoms with Gasteiger partial charge in [0.1, 0.15) is 5.82 Å². The topological polar surface area (TPSA) is 32.3 Å². The molecule has 2 aromatic rings. The lowest BCUT2D eigenvalue weighted by atomic mass is 10.1. The molecule has 5 heteroatoms. The molecule has 1 atom stereocenters. The fraction of sp³-hybridized carbons (Fsp3) is 0.316. The molecule has 2 rings (SSSR count). The van der Waals surface area contributed by atoms with Gasteiger partial charge in [-0.15, -0.1) is 11.3 Å². The lowest BCUT2D eigenvalue weighted by molar-refractivity contribution is -0.122. The highest BCUT2D eigenvalue weighted by Crippen LogP contribution is 2.26. The Bertz CT molecular complexity index is 667. The number of nitrogens with zero attached hydrogens (tertiary/aromatic N) is 1. The van der Waals surface area contributed by atoms with Crippen LogP contribution in [0.25, 0.3) is 0 Å². The van der Waals surface area contributed by atoms with E-state index in [4.69, 9.17) is 0 Å². The Kier molecular flexibility index (Phi) is 6.70. The van der Waals surface area contributed by atoms with Crippen molar-refractivity contribution in [3.63, 3.8) is 0 Å². The van der Waals surface area contributed by atoms with Crippen molar-refractivity contribution in [2.45, 2.75) is 19.9 Å². The molecular weight excluding hydrogens is 323 g/mol. The first kappa shape index (κ1) is 18.4. The van der Waals surface area contributed by atoms with Crippen LogP contribution in [0.4, 0.5) is 4.39 Å². The van der Waals surface area contributed by atoms with Gasteiger partial charge in [0, 0.05) is 11.4 Å². The number of rotatable bonds is 8. The number of likely N-dealkylation sites (N-methyl/N-ethyl adjacent to an activating group) is 1. The molecule has 128 valence electrons. The third-order valence-electron chi connectivity index (χ3n) is 3.64. The minimum Gasteiger partial charge on any atom is -0.343 e. The van der Waals surface area contributed by atoms with Crippen molar-refractivity contribution in [3.05, 3.63) is 70.2 Å². The van der Waals surface area contributed by atoms with Gasteiger partial charge in [-0.3, -0.25) is 9.69 Å². The molecule has 1 heterocycles. The number of hydrogen-bond acceptors (Lipinski definition) is 3. The molecule has 1 aromatic carbocycles. The predicted octanol–water partition coefficient (Wildman–Crippen LogP) is 3.99. The van der Waals surface area contributed by atoms with Gasteiger partial charge in [-0.25, -0.2) is 4.39 Å². The minimum absolute atomic E-state index is 0.0548. The Morgan fingerprint density at radius 1 is 1.29 bits per heavy atom. The number of amides is 1. The molecule has 0 fully saturated rings. The van der Waals surface area contributed by atoms with E-state index >= 15 is 0 Å². The number of nitrogens with one attached hydrogen (secondary N) is 1. The van der Waals surface area contributed by atoms with Gasteiger partial charge in [-0.2, -0.15) is 0 Å². The summed E-state index contributed by atoms with van der Waals surface area (Å²) in [6, 6.07) is 9.92. The van der Waals surface area contributed by atoms with Gasteiger partial charge in [-0.05, 0) is 42.6 Å². The van der Waals surface area contributed by atoms with Gasteiger partial charge in [0.2, 0.25) is 5.91 Å². The van der Waals surface area contributed by atoms with Gasteiger partial charge >= 0.3 is 0 Å². The Balaban J connectivity index is 2.12. The normalized spacial score (nSPS) is 12.2. The summed E-state index contributed by atoms with van der Waals surface area (Å²) in [4.78, 5) is 15.5. The second-order valence-corrected chi connectivity index (χ2v) is 6.81. The molecule has 1 N–H and O–H groups in total. The molecule has 24 heavy (non-hydrogen) atoms. The van der Waals surface area contributed by atoms with E-state index in [9.17, 15) is 9.18 Å². The SMILES string of the molecule is C=C(C)CN(CC)CC(=O)NC(c1ccc(F)cc1)c1cccs1. The molecule has 3 nitrogen and oxygen atoms in total. The van der Waals surface area contributed by atoms with E-state index in [0.717, 1.165) is 22.6 Å². The molecule has 1 unspecified atom stereocenters. The Morgan fingerprint density at radius 3 is 2.54 bits per heavy atom. The van der Waals surface area contributed by atoms with E-state index in [-0.39, 0.29) is 17.8 Å². The number of carbonyl (C=O) groups excluding carboxylic acids is 1. The van der Waals surface area contributed by atoms with Crippen LogP contribution in [0.1, 0.15) is 30.3 Å². The molecule has 0 saturated heterocycles. The number of benzene rings is 1. The molecule has 0 aliphatic rings. The van der Waals surface area contributed by atoms with Crippen molar-refractivity contribution in [2.75, 3.05) is 19.6 Å². The second kappa shape index (κ2) is 8.76. The molecule has 0 bridgehead atoms. The highest BCUT2D eigenvalue weighted by molar-refractivity contribution is 7.10. The van der Waals surface area contributed by atoms with E-state index in [1.54, 1.807) is 23.5 Å². The van der Waals surface area contributed by atoms with E-state index in [2.05, 4.69) is 11.9 Å². The molecule has 0 spiro atoms. The first-order valence-electron chi connectivity index (χ1n) is 7.94. The summed E-state index contributed by atoms with van der Waals surface area (Å²) in [7, 11) is 0. The fourth-order valence-corrected chi connectivity index (χ4v) is 3.30. The van der Waals surface area contributed by atoms with E-state index in [1.165, 1.54) is 12.1 Å². The van der Waals surface area contributed by atoms with Crippen LogP contribution in [-0.2, 0) is 4.79 Å². The lowest BCUT2D eigenvalue weighted by Crippen LogP contribution is -2.39. The maximum Gasteiger partial charge on any atom is 0.234 e. The summed E-state index contributed by atoms with van der Waals surface area (Å²) in [6.07, 6.45) is 0. The van der Waals surface area contributed by atoms with Crippen molar-refractivity contribution in [1.82, 2.24) is 10.2 Å². The number of thiophene rings is 1. The van der Waals surface area contributed by atoms with Crippen LogP contribution in [0.15, 0.2) is 53.9 Å². The average Bonchev–Trinajstić information content (AvgIpc) is 3.06. The maximum atomic E-state index is 13.2. The molecule has 0 saturated carbocycles. The van der Waals surface area contributed by atoms with E-state index < -0.39 is 0 Å². The van der Waals surface area contributed by atoms with Gasteiger partial charge < -0.3 is 5.32 Å². The van der Waals surface area contributed by atoms with Crippen LogP contribution in [-0.4, -0.2) is 30.4 Å². The zero-order valence-corrected chi connectivity index (χ0v) is 14.9. The number of halogens is 1. The highest BCUT2D eigenvalue weighted by Gasteiger charge is 2.19. The first-order valence-corrected chi connectivity index (χ1v) is 8.82. The third kappa shape index (κ3) is 5.28. The first-order chi connectivity index (χ1) is 11.5. The van der Waals surface area contributed by atoms with Crippen molar-refractivity contribution in [1.29, 1.82) is 0 Å². The van der Waals surface area contributed by atoms with Crippen molar-refractivity contribution in [3.8, 4) is 0 Å². The maximum absolute atomic E-state index is 13.2. The molecule has 1 aromatic heterocycles. The molecule has 0 aliphatic carbocycles. The molecular formula is C19H23FN2OS. The van der Waals surface area contributed by atoms with Crippen molar-refractivity contribution in [2.24, 2.45) is 0 Å². The summed E-state index contributed by atoms with van der Waals surface area (Å²) in [5.41, 5.74) is 1.90. The minimum atomic E-state index is -0.284. The molecule has 0 radical (unpaired) electrons. The summed E-state index contributed by atoms with van der Waals surface area (Å²) >= 11 is 1.57. The van der Waals surface area contributed by atoms with Gasteiger partial charge in [-0.1, -0.05) is 37.3 Å². The predicted molar refractivity (Wildman–Crippen MR) is 97.6 cm³/mol. The Hall–Kier alpha value is -1.98. The smallest absolute Gasteiger partial charge is 0.234 e. The molecule has 0 aliphatic heterocycles. The van der Waals surface area contributed by atoms with Gasteiger partial charge in [0.25, 0.3) is 0 Å². The summed E-state index contributed by atoms with van der Waals surface area (Å²) in [5.74, 6) is -0.338. The average molecular weight is 346 g/mol. The lowest BCUT2D eigenvalue weighted by Gasteiger charge is -2.23. The Morgan fingerprint density at radius 2 is 2.00 bits per heavy atom. The van der Waals surface area contributed by atoms with Crippen molar-refractivity contribution < 1.29 is 9.18 Å². The third-order valence-corrected chi connectivity index (χ3v) is 4.58. The van der Waals surface area contributed by atoms with Gasteiger partial charge in [0.15, 0.2) is 0 Å². The van der Waals surface area contributed by atoms with Crippen LogP contribution >= 0.6 is 11.3 Å². The van der Waals surface area contributed by atoms with Gasteiger partial charge in [0.05, 0.1) is 12.6 Å². The fourth-order valence-electron chi connectivity index (χ4n) is 2.50. The van der Waals surface area contributed by atoms with Crippen LogP contribution < -0.4 is 5.32 Å².